The molecular formula is C25H23FN4O3. The van der Waals surface area contributed by atoms with Gasteiger partial charge in [-0.2, -0.15) is 5.10 Å². The number of fused-ring (bicyclic) bond motifs is 1. The van der Waals surface area contributed by atoms with Gasteiger partial charge in [0.05, 0.1) is 6.26 Å². The first kappa shape index (κ1) is 20.0. The lowest BCUT2D eigenvalue weighted by atomic mass is 10.0. The molecule has 1 amide bonds. The van der Waals surface area contributed by atoms with Crippen LogP contribution in [0.5, 0.6) is 0 Å². The van der Waals surface area contributed by atoms with Gasteiger partial charge in [0, 0.05) is 42.1 Å². The minimum absolute atomic E-state index is 0.174. The predicted molar refractivity (Wildman–Crippen MR) is 121 cm³/mol. The zero-order chi connectivity index (χ0) is 22.5. The predicted octanol–water partition coefficient (Wildman–Crippen LogP) is 4.05. The Hall–Kier alpha value is -3.68. The molecule has 4 aromatic rings. The Labute approximate surface area is 188 Å². The van der Waals surface area contributed by atoms with E-state index in [1.165, 1.54) is 6.07 Å². The van der Waals surface area contributed by atoms with Gasteiger partial charge in [-0.25, -0.2) is 14.3 Å². The summed E-state index contributed by atoms with van der Waals surface area (Å²) in [5.74, 6) is 0.630. The number of halogens is 1. The van der Waals surface area contributed by atoms with Gasteiger partial charge in [0.2, 0.25) is 5.91 Å². The Morgan fingerprint density at radius 3 is 2.79 bits per heavy atom. The molecule has 2 aliphatic rings. The molecule has 0 radical (unpaired) electrons. The van der Waals surface area contributed by atoms with Crippen molar-refractivity contribution in [1.29, 1.82) is 0 Å². The van der Waals surface area contributed by atoms with Crippen LogP contribution in [0.25, 0.3) is 33.5 Å². The Bertz CT molecular complexity index is 1410. The molecule has 1 aliphatic heterocycles. The number of amides is 1. The van der Waals surface area contributed by atoms with Crippen LogP contribution in [0.1, 0.15) is 19.3 Å². The van der Waals surface area contributed by atoms with Crippen LogP contribution in [0.15, 0.2) is 57.9 Å². The maximum absolute atomic E-state index is 15.1. The molecule has 0 spiro atoms. The van der Waals surface area contributed by atoms with Crippen molar-refractivity contribution in [2.75, 3.05) is 13.1 Å². The number of rotatable bonds is 5. The minimum atomic E-state index is -0.389. The van der Waals surface area contributed by atoms with Gasteiger partial charge < -0.3 is 9.32 Å². The van der Waals surface area contributed by atoms with Crippen LogP contribution in [0.3, 0.4) is 0 Å². The number of hydrogen-bond acceptors (Lipinski definition) is 4. The van der Waals surface area contributed by atoms with E-state index >= 15 is 4.39 Å². The molecule has 7 nitrogen and oxygen atoms in total. The summed E-state index contributed by atoms with van der Waals surface area (Å²) in [4.78, 5) is 26.7. The number of aromatic amines is 1. The van der Waals surface area contributed by atoms with Gasteiger partial charge in [0.25, 0.3) is 0 Å². The molecule has 1 atom stereocenters. The topological polar surface area (TPSA) is 84.1 Å². The summed E-state index contributed by atoms with van der Waals surface area (Å²) >= 11 is 0. The molecule has 6 rings (SSSR count). The van der Waals surface area contributed by atoms with Crippen molar-refractivity contribution in [3.05, 3.63) is 65.0 Å². The van der Waals surface area contributed by atoms with Gasteiger partial charge in [0.15, 0.2) is 5.82 Å². The number of benzene rings is 2. The molecular weight excluding hydrogens is 423 g/mol. The monoisotopic (exact) mass is 446 g/mol. The van der Waals surface area contributed by atoms with E-state index in [9.17, 15) is 9.59 Å². The highest BCUT2D eigenvalue weighted by Gasteiger charge is 2.36. The third-order valence-electron chi connectivity index (χ3n) is 6.71. The molecule has 168 valence electrons. The second-order valence-corrected chi connectivity index (χ2v) is 9.04. The van der Waals surface area contributed by atoms with E-state index in [-0.39, 0.29) is 29.2 Å². The van der Waals surface area contributed by atoms with Crippen LogP contribution in [-0.2, 0) is 11.3 Å². The van der Waals surface area contributed by atoms with Crippen LogP contribution < -0.4 is 5.69 Å². The lowest BCUT2D eigenvalue weighted by molar-refractivity contribution is -0.131. The van der Waals surface area contributed by atoms with E-state index in [0.29, 0.717) is 30.0 Å². The van der Waals surface area contributed by atoms with Crippen molar-refractivity contribution in [2.45, 2.75) is 25.8 Å². The van der Waals surface area contributed by atoms with Gasteiger partial charge in [0.1, 0.15) is 11.4 Å². The van der Waals surface area contributed by atoms with Crippen LogP contribution in [-0.4, -0.2) is 38.7 Å². The molecule has 1 saturated heterocycles. The summed E-state index contributed by atoms with van der Waals surface area (Å²) in [5.41, 5.74) is 2.17. The van der Waals surface area contributed by atoms with Crippen LogP contribution in [0, 0.1) is 17.7 Å². The van der Waals surface area contributed by atoms with E-state index in [2.05, 4.69) is 10.2 Å². The van der Waals surface area contributed by atoms with Crippen molar-refractivity contribution in [3.8, 4) is 22.5 Å². The number of carbonyl (C=O) groups is 1. The first-order chi connectivity index (χ1) is 16.1. The van der Waals surface area contributed by atoms with Gasteiger partial charge >= 0.3 is 5.69 Å². The molecule has 1 N–H and O–H groups in total. The normalized spacial score (nSPS) is 18.3. The fourth-order valence-corrected chi connectivity index (χ4v) is 4.76. The zero-order valence-corrected chi connectivity index (χ0v) is 18.0. The quantitative estimate of drug-likeness (QED) is 0.501. The van der Waals surface area contributed by atoms with E-state index in [1.54, 1.807) is 23.0 Å². The van der Waals surface area contributed by atoms with Crippen molar-refractivity contribution < 1.29 is 13.6 Å². The second kappa shape index (κ2) is 7.72. The Kier molecular flexibility index (Phi) is 4.67. The average molecular weight is 446 g/mol. The molecule has 2 aromatic carbocycles. The number of carbonyl (C=O) groups excluding carboxylic acids is 1. The summed E-state index contributed by atoms with van der Waals surface area (Å²) in [7, 11) is 0. The van der Waals surface area contributed by atoms with E-state index in [0.717, 1.165) is 42.3 Å². The molecule has 2 aromatic heterocycles. The molecule has 8 heteroatoms. The van der Waals surface area contributed by atoms with Crippen LogP contribution in [0.4, 0.5) is 4.39 Å². The summed E-state index contributed by atoms with van der Waals surface area (Å²) in [6.45, 7) is 1.82. The van der Waals surface area contributed by atoms with Crippen molar-refractivity contribution in [2.24, 2.45) is 11.8 Å². The third kappa shape index (κ3) is 3.65. The summed E-state index contributed by atoms with van der Waals surface area (Å²) in [6, 6.07) is 12.3. The molecule has 33 heavy (non-hydrogen) atoms. The number of hydrogen-bond donors (Lipinski definition) is 1. The maximum Gasteiger partial charge on any atom is 0.343 e. The van der Waals surface area contributed by atoms with Crippen LogP contribution >= 0.6 is 0 Å². The van der Waals surface area contributed by atoms with E-state index in [4.69, 9.17) is 4.42 Å². The first-order valence-electron chi connectivity index (χ1n) is 11.3. The van der Waals surface area contributed by atoms with Gasteiger partial charge in [-0.1, -0.05) is 18.2 Å². The number of nitrogens with one attached hydrogen (secondary N) is 1. The fourth-order valence-electron chi connectivity index (χ4n) is 4.76. The molecule has 0 unspecified atom stereocenters. The van der Waals surface area contributed by atoms with E-state index in [1.807, 2.05) is 29.2 Å². The molecule has 3 heterocycles. The summed E-state index contributed by atoms with van der Waals surface area (Å²) in [5, 5.41) is 7.57. The standard InChI is InChI=1S/C25H23FN4O3/c26-21-12-19(3-5-20(21)17-4-6-22-18(11-17)8-10-33-22)23-27-28-25(32)30(23)14-15-7-9-29(13-15)24(31)16-1-2-16/h3-6,8,10-12,15-16H,1-2,7,9,13-14H2,(H,28,32)/t15-/m1/s1. The maximum atomic E-state index is 15.1. The van der Waals surface area contributed by atoms with Crippen molar-refractivity contribution >= 4 is 16.9 Å². The highest BCUT2D eigenvalue weighted by atomic mass is 19.1. The van der Waals surface area contributed by atoms with E-state index < -0.39 is 0 Å². The molecule has 1 saturated carbocycles. The first-order valence-corrected chi connectivity index (χ1v) is 11.3. The Morgan fingerprint density at radius 2 is 1.97 bits per heavy atom. The van der Waals surface area contributed by atoms with Gasteiger partial charge in [-0.05, 0) is 55.0 Å². The SMILES string of the molecule is O=C(C1CC1)N1CC[C@@H](Cn2c(-c3ccc(-c4ccc5occc5c4)c(F)c3)n[nH]c2=O)C1. The number of nitrogens with zero attached hydrogens (tertiary/aromatic N) is 3. The van der Waals surface area contributed by atoms with Crippen LogP contribution in [0.2, 0.25) is 0 Å². The lowest BCUT2D eigenvalue weighted by Gasteiger charge is -2.16. The Morgan fingerprint density at radius 1 is 1.12 bits per heavy atom. The second-order valence-electron chi connectivity index (χ2n) is 9.04. The summed E-state index contributed by atoms with van der Waals surface area (Å²) < 4.78 is 22.0. The highest BCUT2D eigenvalue weighted by molar-refractivity contribution is 5.84. The van der Waals surface area contributed by atoms with Crippen molar-refractivity contribution in [1.82, 2.24) is 19.7 Å². The van der Waals surface area contributed by atoms with Crippen molar-refractivity contribution in [3.63, 3.8) is 0 Å². The fraction of sp³-hybridized carbons (Fsp3) is 0.320. The largest absolute Gasteiger partial charge is 0.464 e. The zero-order valence-electron chi connectivity index (χ0n) is 18.0. The average Bonchev–Trinajstić information content (AvgIpc) is 3.21. The molecule has 0 bridgehead atoms. The summed E-state index contributed by atoms with van der Waals surface area (Å²) in [6.07, 6.45) is 4.43. The van der Waals surface area contributed by atoms with Gasteiger partial charge in [-0.3, -0.25) is 9.36 Å². The third-order valence-corrected chi connectivity index (χ3v) is 6.71. The minimum Gasteiger partial charge on any atom is -0.464 e. The highest BCUT2D eigenvalue weighted by Crippen LogP contribution is 2.33. The number of furan rings is 1. The van der Waals surface area contributed by atoms with Gasteiger partial charge in [-0.15, -0.1) is 0 Å². The number of likely N-dealkylation sites (tertiary alicyclic amines) is 1. The lowest BCUT2D eigenvalue weighted by Crippen LogP contribution is -2.31. The molecule has 2 fully saturated rings. The number of H-pyrrole nitrogens is 1. The Balaban J connectivity index is 1.25. The number of aromatic nitrogens is 3. The smallest absolute Gasteiger partial charge is 0.343 e. The molecule has 1 aliphatic carbocycles.